The number of aryl methyl sites for hydroxylation is 2. The normalized spacial score (nSPS) is 16.0. The van der Waals surface area contributed by atoms with Crippen molar-refractivity contribution in [2.45, 2.75) is 52.3 Å². The van der Waals surface area contributed by atoms with Gasteiger partial charge in [-0.2, -0.15) is 5.26 Å². The number of nitrogens with one attached hydrogen (secondary N) is 1. The maximum Gasteiger partial charge on any atom is 0.407 e. The molecule has 0 radical (unpaired) electrons. The molecular weight excluding hydrogens is 432 g/mol. The summed E-state index contributed by atoms with van der Waals surface area (Å²) >= 11 is 0. The maximum absolute atomic E-state index is 13.2. The number of carbonyl (C=O) groups excluding carboxylic acids is 1. The maximum atomic E-state index is 13.2. The Labute approximate surface area is 198 Å². The van der Waals surface area contributed by atoms with Gasteiger partial charge in [0.1, 0.15) is 11.6 Å². The predicted molar refractivity (Wildman–Crippen MR) is 130 cm³/mol. The molecule has 0 aliphatic carbocycles. The quantitative estimate of drug-likeness (QED) is 0.639. The number of amides is 1. The van der Waals surface area contributed by atoms with Gasteiger partial charge in [-0.05, 0) is 45.4 Å². The average Bonchev–Trinajstić information content (AvgIpc) is 3.31. The Bertz CT molecular complexity index is 1340. The largest absolute Gasteiger partial charge is 0.444 e. The van der Waals surface area contributed by atoms with Crippen LogP contribution in [0, 0.1) is 18.3 Å². The van der Waals surface area contributed by atoms with Crippen molar-refractivity contribution in [3.05, 3.63) is 57.6 Å². The van der Waals surface area contributed by atoms with Gasteiger partial charge in [-0.25, -0.2) is 14.6 Å². The Morgan fingerprint density at radius 1 is 1.32 bits per heavy atom. The number of nitrogens with zero attached hydrogens (tertiary/aromatic N) is 5. The van der Waals surface area contributed by atoms with Gasteiger partial charge < -0.3 is 15.0 Å². The molecule has 1 aliphatic rings. The van der Waals surface area contributed by atoms with Gasteiger partial charge in [0.05, 0.1) is 30.4 Å². The molecule has 1 saturated heterocycles. The van der Waals surface area contributed by atoms with E-state index in [-0.39, 0.29) is 23.9 Å². The smallest absolute Gasteiger partial charge is 0.407 e. The topological polar surface area (TPSA) is 105 Å². The zero-order chi connectivity index (χ0) is 24.6. The highest BCUT2D eigenvalue weighted by molar-refractivity contribution is 5.87. The van der Waals surface area contributed by atoms with Crippen molar-refractivity contribution in [3.63, 3.8) is 0 Å². The van der Waals surface area contributed by atoms with Crippen LogP contribution >= 0.6 is 0 Å². The number of hydrogen-bond donors (Lipinski definition) is 1. The molecule has 3 aromatic rings. The molecule has 0 spiro atoms. The Morgan fingerprint density at radius 2 is 2.06 bits per heavy atom. The van der Waals surface area contributed by atoms with E-state index in [4.69, 9.17) is 4.74 Å². The molecule has 0 saturated carbocycles. The minimum absolute atomic E-state index is 0.196. The van der Waals surface area contributed by atoms with Crippen LogP contribution in [-0.2, 0) is 18.3 Å². The summed E-state index contributed by atoms with van der Waals surface area (Å²) in [6.07, 6.45) is 0.00332. The molecule has 0 bridgehead atoms. The highest BCUT2D eigenvalue weighted by Crippen LogP contribution is 2.30. The third kappa shape index (κ3) is 4.62. The lowest BCUT2D eigenvalue weighted by molar-refractivity contribution is 0.101. The Morgan fingerprint density at radius 3 is 2.76 bits per heavy atom. The fourth-order valence-electron chi connectivity index (χ4n) is 4.35. The summed E-state index contributed by atoms with van der Waals surface area (Å²) < 4.78 is 8.87. The minimum atomic E-state index is -0.430. The fraction of sp³-hybridized carbons (Fsp3) is 0.440. The predicted octanol–water partition coefficient (Wildman–Crippen LogP) is 3.07. The average molecular weight is 463 g/mol. The number of anilines is 1. The summed E-state index contributed by atoms with van der Waals surface area (Å²) in [5, 5.41) is 12.3. The molecule has 178 valence electrons. The van der Waals surface area contributed by atoms with Crippen LogP contribution in [0.25, 0.3) is 11.2 Å². The van der Waals surface area contributed by atoms with E-state index in [9.17, 15) is 14.9 Å². The van der Waals surface area contributed by atoms with Crippen molar-refractivity contribution in [1.82, 2.24) is 19.4 Å². The van der Waals surface area contributed by atoms with Gasteiger partial charge in [-0.15, -0.1) is 0 Å². The van der Waals surface area contributed by atoms with Gasteiger partial charge >= 0.3 is 11.8 Å². The molecule has 1 unspecified atom stereocenters. The first-order valence-corrected chi connectivity index (χ1v) is 11.4. The summed E-state index contributed by atoms with van der Waals surface area (Å²) in [5.41, 5.74) is 3.71. The Balaban J connectivity index is 1.70. The molecule has 1 amide bonds. The molecule has 2 aromatic heterocycles. The molecule has 9 nitrogen and oxygen atoms in total. The third-order valence-corrected chi connectivity index (χ3v) is 5.89. The van der Waals surface area contributed by atoms with E-state index in [2.05, 4.69) is 21.3 Å². The molecule has 1 aromatic carbocycles. The van der Waals surface area contributed by atoms with E-state index < -0.39 is 6.09 Å². The molecule has 3 heterocycles. The molecule has 34 heavy (non-hydrogen) atoms. The summed E-state index contributed by atoms with van der Waals surface area (Å²) in [6.45, 7) is 9.09. The number of nitriles is 1. The van der Waals surface area contributed by atoms with Crippen molar-refractivity contribution in [1.29, 1.82) is 5.26 Å². The van der Waals surface area contributed by atoms with Gasteiger partial charge in [-0.3, -0.25) is 9.13 Å². The Kier molecular flexibility index (Phi) is 6.09. The van der Waals surface area contributed by atoms with E-state index in [1.165, 1.54) is 0 Å². The first kappa shape index (κ1) is 23.4. The zero-order valence-electron chi connectivity index (χ0n) is 20.3. The van der Waals surface area contributed by atoms with E-state index >= 15 is 0 Å². The fourth-order valence-corrected chi connectivity index (χ4v) is 4.35. The summed E-state index contributed by atoms with van der Waals surface area (Å²) in [7, 11) is 1.71. The van der Waals surface area contributed by atoms with Gasteiger partial charge in [0, 0.05) is 31.2 Å². The van der Waals surface area contributed by atoms with Crippen LogP contribution in [0.2, 0.25) is 0 Å². The third-order valence-electron chi connectivity index (χ3n) is 5.89. The highest BCUT2D eigenvalue weighted by Gasteiger charge is 2.30. The number of hydrogen-bond acceptors (Lipinski definition) is 6. The van der Waals surface area contributed by atoms with Gasteiger partial charge in [-0.1, -0.05) is 18.2 Å². The van der Waals surface area contributed by atoms with E-state index in [0.29, 0.717) is 36.2 Å². The summed E-state index contributed by atoms with van der Waals surface area (Å²) in [5.74, 6) is 0. The van der Waals surface area contributed by atoms with Crippen molar-refractivity contribution in [2.75, 3.05) is 18.0 Å². The van der Waals surface area contributed by atoms with E-state index in [1.54, 1.807) is 22.2 Å². The number of carbonyl (C=O) groups is 1. The number of alkyl carbamates (subject to hydrolysis) is 1. The monoisotopic (exact) mass is 462 g/mol. The number of aromatic nitrogens is 3. The molecule has 1 aliphatic heterocycles. The number of pyridine rings is 1. The minimum Gasteiger partial charge on any atom is -0.444 e. The molecular formula is C25H30N6O3. The number of ether oxygens (including phenoxy) is 1. The van der Waals surface area contributed by atoms with Crippen LogP contribution in [0.3, 0.4) is 0 Å². The number of imidazole rings is 1. The summed E-state index contributed by atoms with van der Waals surface area (Å²) in [4.78, 5) is 32.2. The lowest BCUT2D eigenvalue weighted by Crippen LogP contribution is -2.42. The van der Waals surface area contributed by atoms with Crippen molar-refractivity contribution in [3.8, 4) is 6.07 Å². The summed E-state index contributed by atoms with van der Waals surface area (Å²) in [6, 6.07) is 11.5. The number of rotatable bonds is 4. The van der Waals surface area contributed by atoms with Crippen LogP contribution in [0.15, 0.2) is 35.1 Å². The molecule has 1 fully saturated rings. The van der Waals surface area contributed by atoms with Gasteiger partial charge in [0.2, 0.25) is 0 Å². The number of fused-ring (bicyclic) bond motifs is 1. The molecule has 9 heteroatoms. The van der Waals surface area contributed by atoms with Crippen LogP contribution < -0.4 is 15.9 Å². The lowest BCUT2D eigenvalue weighted by atomic mass is 10.1. The van der Waals surface area contributed by atoms with Crippen molar-refractivity contribution >= 4 is 22.9 Å². The second-order valence-corrected chi connectivity index (χ2v) is 9.79. The second-order valence-electron chi connectivity index (χ2n) is 9.79. The van der Waals surface area contributed by atoms with Crippen molar-refractivity contribution in [2.24, 2.45) is 7.05 Å². The molecule has 4 rings (SSSR count). The first-order valence-electron chi connectivity index (χ1n) is 11.4. The molecule has 1 atom stereocenters. The van der Waals surface area contributed by atoms with E-state index in [0.717, 1.165) is 16.9 Å². The lowest BCUT2D eigenvalue weighted by Gasteiger charge is -2.23. The Hall–Kier alpha value is -3.80. The van der Waals surface area contributed by atoms with Crippen LogP contribution in [-0.4, -0.2) is 44.9 Å². The van der Waals surface area contributed by atoms with Crippen LogP contribution in [0.4, 0.5) is 10.5 Å². The zero-order valence-corrected chi connectivity index (χ0v) is 20.3. The van der Waals surface area contributed by atoms with Crippen LogP contribution in [0.5, 0.6) is 0 Å². The SMILES string of the molecule is Cc1cc(N2CCC(OC(=O)NC(C)(C)C)C2)c2c(n1)n(C)c(=O)n2Cc1ccccc1C#N. The second kappa shape index (κ2) is 8.86. The standard InChI is InChI=1S/C25H30N6O3/c1-16-12-20(30-11-10-19(15-30)34-23(32)28-25(2,3)4)21-22(27-16)29(5)24(33)31(21)14-18-9-7-6-8-17(18)13-26/h6-9,12,19H,10-11,14-15H2,1-5H3,(H,28,32). The van der Waals surface area contributed by atoms with Crippen LogP contribution in [0.1, 0.15) is 44.0 Å². The number of benzene rings is 1. The van der Waals surface area contributed by atoms with E-state index in [1.807, 2.05) is 52.0 Å². The first-order chi connectivity index (χ1) is 16.1. The molecule has 1 N–H and O–H groups in total. The van der Waals surface area contributed by atoms with Gasteiger partial charge in [0.15, 0.2) is 5.65 Å². The van der Waals surface area contributed by atoms with Gasteiger partial charge in [0.25, 0.3) is 0 Å². The highest BCUT2D eigenvalue weighted by atomic mass is 16.6. The van der Waals surface area contributed by atoms with Crippen molar-refractivity contribution < 1.29 is 9.53 Å².